The summed E-state index contributed by atoms with van der Waals surface area (Å²) < 4.78 is 5.43. The zero-order valence-electron chi connectivity index (χ0n) is 10.4. The third-order valence-electron chi connectivity index (χ3n) is 3.55. The van der Waals surface area contributed by atoms with Crippen molar-refractivity contribution in [3.05, 3.63) is 0 Å². The fourth-order valence-electron chi connectivity index (χ4n) is 2.28. The molecular formula is C12H22N2O3. The smallest absolute Gasteiger partial charge is 0.322 e. The summed E-state index contributed by atoms with van der Waals surface area (Å²) in [5, 5.41) is 12.4. The molecule has 0 amide bonds. The van der Waals surface area contributed by atoms with E-state index in [9.17, 15) is 9.90 Å². The molecule has 1 aliphatic heterocycles. The van der Waals surface area contributed by atoms with E-state index in [0.717, 1.165) is 32.4 Å². The predicted molar refractivity (Wildman–Crippen MR) is 64.1 cm³/mol. The number of hydrogen-bond acceptors (Lipinski definition) is 4. The Labute approximate surface area is 102 Å². The van der Waals surface area contributed by atoms with E-state index in [1.54, 1.807) is 0 Å². The highest BCUT2D eigenvalue weighted by molar-refractivity contribution is 5.73. The zero-order valence-corrected chi connectivity index (χ0v) is 10.4. The highest BCUT2D eigenvalue weighted by Crippen LogP contribution is 2.20. The lowest BCUT2D eigenvalue weighted by Gasteiger charge is -2.36. The van der Waals surface area contributed by atoms with Gasteiger partial charge in [0, 0.05) is 25.2 Å². The van der Waals surface area contributed by atoms with Crippen LogP contribution in [0.15, 0.2) is 0 Å². The number of nitrogens with one attached hydrogen (secondary N) is 1. The highest BCUT2D eigenvalue weighted by atomic mass is 16.5. The molecule has 1 saturated carbocycles. The van der Waals surface area contributed by atoms with E-state index in [4.69, 9.17) is 4.74 Å². The van der Waals surface area contributed by atoms with Crippen molar-refractivity contribution in [2.75, 3.05) is 26.3 Å². The molecule has 0 spiro atoms. The molecule has 0 bridgehead atoms. The van der Waals surface area contributed by atoms with Crippen molar-refractivity contribution < 1.29 is 14.6 Å². The van der Waals surface area contributed by atoms with Crippen LogP contribution >= 0.6 is 0 Å². The highest BCUT2D eigenvalue weighted by Gasteiger charge is 2.31. The van der Waals surface area contributed by atoms with Crippen LogP contribution in [-0.4, -0.2) is 60.4 Å². The molecule has 2 N–H and O–H groups in total. The molecular weight excluding hydrogens is 220 g/mol. The molecule has 0 radical (unpaired) electrons. The van der Waals surface area contributed by atoms with Crippen molar-refractivity contribution >= 4 is 5.97 Å². The van der Waals surface area contributed by atoms with Gasteiger partial charge in [-0.2, -0.15) is 0 Å². The lowest BCUT2D eigenvalue weighted by Crippen LogP contribution is -2.53. The van der Waals surface area contributed by atoms with Crippen LogP contribution < -0.4 is 5.32 Å². The van der Waals surface area contributed by atoms with Crippen molar-refractivity contribution in [1.29, 1.82) is 0 Å². The first kappa shape index (κ1) is 12.8. The van der Waals surface area contributed by atoms with Gasteiger partial charge in [-0.15, -0.1) is 0 Å². The van der Waals surface area contributed by atoms with Crippen LogP contribution in [0.1, 0.15) is 26.2 Å². The van der Waals surface area contributed by atoms with Gasteiger partial charge in [-0.25, -0.2) is 0 Å². The van der Waals surface area contributed by atoms with Crippen LogP contribution in [0.2, 0.25) is 0 Å². The Morgan fingerprint density at radius 2 is 2.35 bits per heavy atom. The predicted octanol–water partition coefficient (Wildman–Crippen LogP) is 0.302. The molecule has 0 aromatic heterocycles. The van der Waals surface area contributed by atoms with Crippen LogP contribution in [-0.2, 0) is 9.53 Å². The van der Waals surface area contributed by atoms with Gasteiger partial charge in [0.15, 0.2) is 0 Å². The summed E-state index contributed by atoms with van der Waals surface area (Å²) in [6.07, 6.45) is 3.24. The normalized spacial score (nSPS) is 27.9. The van der Waals surface area contributed by atoms with Crippen molar-refractivity contribution in [2.24, 2.45) is 0 Å². The Kier molecular flexibility index (Phi) is 4.36. The largest absolute Gasteiger partial charge is 0.480 e. The molecule has 17 heavy (non-hydrogen) atoms. The van der Waals surface area contributed by atoms with Gasteiger partial charge in [0.1, 0.15) is 6.04 Å². The van der Waals surface area contributed by atoms with Crippen molar-refractivity contribution in [3.8, 4) is 0 Å². The van der Waals surface area contributed by atoms with E-state index >= 15 is 0 Å². The summed E-state index contributed by atoms with van der Waals surface area (Å²) in [6.45, 7) is 5.00. The summed E-state index contributed by atoms with van der Waals surface area (Å²) in [6, 6.07) is 0.360. The van der Waals surface area contributed by atoms with Crippen molar-refractivity contribution in [3.63, 3.8) is 0 Å². The number of rotatable bonds is 6. The maximum absolute atomic E-state index is 11.2. The summed E-state index contributed by atoms with van der Waals surface area (Å²) in [5.41, 5.74) is 0. The molecule has 1 saturated heterocycles. The SMILES string of the molecule is CCC1COCCN1CC(NC1CC1)C(=O)O. The van der Waals surface area contributed by atoms with Crippen LogP contribution in [0.25, 0.3) is 0 Å². The van der Waals surface area contributed by atoms with Crippen LogP contribution in [0.4, 0.5) is 0 Å². The fourth-order valence-corrected chi connectivity index (χ4v) is 2.28. The Hall–Kier alpha value is -0.650. The minimum Gasteiger partial charge on any atom is -0.480 e. The maximum atomic E-state index is 11.2. The molecule has 2 unspecified atom stereocenters. The van der Waals surface area contributed by atoms with Crippen LogP contribution in [0, 0.1) is 0 Å². The second-order valence-corrected chi connectivity index (χ2v) is 4.96. The zero-order chi connectivity index (χ0) is 12.3. The first-order valence-electron chi connectivity index (χ1n) is 6.51. The lowest BCUT2D eigenvalue weighted by molar-refractivity contribution is -0.140. The van der Waals surface area contributed by atoms with Crippen LogP contribution in [0.5, 0.6) is 0 Å². The second-order valence-electron chi connectivity index (χ2n) is 4.96. The molecule has 98 valence electrons. The Morgan fingerprint density at radius 3 is 2.94 bits per heavy atom. The number of carbonyl (C=O) groups is 1. The molecule has 1 heterocycles. The topological polar surface area (TPSA) is 61.8 Å². The van der Waals surface area contributed by atoms with Gasteiger partial charge in [0.05, 0.1) is 13.2 Å². The molecule has 2 rings (SSSR count). The minimum absolute atomic E-state index is 0.367. The number of ether oxygens (including phenoxy) is 1. The average molecular weight is 242 g/mol. The molecule has 5 nitrogen and oxygen atoms in total. The molecule has 2 aliphatic rings. The van der Waals surface area contributed by atoms with E-state index in [0.29, 0.717) is 25.2 Å². The van der Waals surface area contributed by atoms with Gasteiger partial charge in [0.25, 0.3) is 0 Å². The summed E-state index contributed by atoms with van der Waals surface area (Å²) in [7, 11) is 0. The number of nitrogens with zero attached hydrogens (tertiary/aromatic N) is 1. The van der Waals surface area contributed by atoms with E-state index in [-0.39, 0.29) is 0 Å². The average Bonchev–Trinajstić information content (AvgIpc) is 3.12. The lowest BCUT2D eigenvalue weighted by atomic mass is 10.1. The molecule has 2 fully saturated rings. The first-order valence-corrected chi connectivity index (χ1v) is 6.51. The standard InChI is InChI=1S/C12H22N2O3/c1-2-10-8-17-6-5-14(10)7-11(12(15)16)13-9-3-4-9/h9-11,13H,2-8H2,1H3,(H,15,16). The van der Waals surface area contributed by atoms with Crippen LogP contribution in [0.3, 0.4) is 0 Å². The molecule has 5 heteroatoms. The Balaban J connectivity index is 1.87. The third-order valence-corrected chi connectivity index (χ3v) is 3.55. The van der Waals surface area contributed by atoms with Crippen molar-refractivity contribution in [1.82, 2.24) is 10.2 Å². The molecule has 1 aliphatic carbocycles. The number of hydrogen-bond donors (Lipinski definition) is 2. The minimum atomic E-state index is -0.738. The third kappa shape index (κ3) is 3.66. The second kappa shape index (κ2) is 5.80. The number of carboxylic acids is 1. The Bertz CT molecular complexity index is 268. The number of carboxylic acid groups (broad SMARTS) is 1. The summed E-state index contributed by atoms with van der Waals surface area (Å²) in [4.78, 5) is 13.5. The number of morpholine rings is 1. The first-order chi connectivity index (χ1) is 8.20. The molecule has 0 aromatic rings. The summed E-state index contributed by atoms with van der Waals surface area (Å²) >= 11 is 0. The van der Waals surface area contributed by atoms with E-state index < -0.39 is 12.0 Å². The molecule has 2 atom stereocenters. The maximum Gasteiger partial charge on any atom is 0.322 e. The quantitative estimate of drug-likeness (QED) is 0.701. The van der Waals surface area contributed by atoms with Gasteiger partial charge in [0.2, 0.25) is 0 Å². The fraction of sp³-hybridized carbons (Fsp3) is 0.917. The van der Waals surface area contributed by atoms with Gasteiger partial charge < -0.3 is 15.2 Å². The summed E-state index contributed by atoms with van der Waals surface area (Å²) in [5.74, 6) is -0.738. The van der Waals surface area contributed by atoms with E-state index in [1.165, 1.54) is 0 Å². The van der Waals surface area contributed by atoms with E-state index in [2.05, 4.69) is 17.1 Å². The van der Waals surface area contributed by atoms with Gasteiger partial charge in [-0.05, 0) is 19.3 Å². The van der Waals surface area contributed by atoms with Gasteiger partial charge in [-0.1, -0.05) is 6.92 Å². The number of aliphatic carboxylic acids is 1. The Morgan fingerprint density at radius 1 is 1.59 bits per heavy atom. The monoisotopic (exact) mass is 242 g/mol. The van der Waals surface area contributed by atoms with Gasteiger partial charge in [-0.3, -0.25) is 9.69 Å². The van der Waals surface area contributed by atoms with Gasteiger partial charge >= 0.3 is 5.97 Å². The molecule has 0 aromatic carbocycles. The van der Waals surface area contributed by atoms with Crippen molar-refractivity contribution in [2.45, 2.75) is 44.3 Å². The van der Waals surface area contributed by atoms with E-state index in [1.807, 2.05) is 0 Å².